The van der Waals surface area contributed by atoms with Crippen LogP contribution in [0.25, 0.3) is 0 Å². The molecule has 0 spiro atoms. The van der Waals surface area contributed by atoms with Crippen molar-refractivity contribution < 1.29 is 13.2 Å². The fraction of sp³-hybridized carbons (Fsp3) is 0.200. The predicted octanol–water partition coefficient (Wildman–Crippen LogP) is 3.22. The topological polar surface area (TPSA) is 125 Å². The Morgan fingerprint density at radius 2 is 1.82 bits per heavy atom. The van der Waals surface area contributed by atoms with Crippen LogP contribution < -0.4 is 15.8 Å². The first-order valence-corrected chi connectivity index (χ1v) is 10.1. The summed E-state index contributed by atoms with van der Waals surface area (Å²) in [5.74, 6) is -0.342. The zero-order valence-electron chi connectivity index (χ0n) is 15.9. The van der Waals surface area contributed by atoms with E-state index in [4.69, 9.17) is 5.14 Å². The number of para-hydroxylation sites is 1. The third kappa shape index (κ3) is 5.19. The van der Waals surface area contributed by atoms with Gasteiger partial charge in [0.05, 0.1) is 4.90 Å². The van der Waals surface area contributed by atoms with Crippen molar-refractivity contribution in [2.45, 2.75) is 31.6 Å². The maximum Gasteiger partial charge on any atom is 0.267 e. The number of nitriles is 1. The van der Waals surface area contributed by atoms with E-state index in [2.05, 4.69) is 24.5 Å². The van der Waals surface area contributed by atoms with Gasteiger partial charge in [-0.3, -0.25) is 4.79 Å². The lowest BCUT2D eigenvalue weighted by Gasteiger charge is -2.15. The second-order valence-electron chi connectivity index (χ2n) is 6.53. The van der Waals surface area contributed by atoms with Crippen molar-refractivity contribution in [3.05, 3.63) is 65.4 Å². The summed E-state index contributed by atoms with van der Waals surface area (Å²) in [5, 5.41) is 20.0. The molecule has 2 aromatic rings. The molecular weight excluding hydrogens is 376 g/mol. The Labute approximate surface area is 164 Å². The molecule has 0 fully saturated rings. The van der Waals surface area contributed by atoms with Crippen LogP contribution in [0.15, 0.2) is 59.1 Å². The van der Waals surface area contributed by atoms with Crippen LogP contribution in [0.2, 0.25) is 0 Å². The van der Waals surface area contributed by atoms with E-state index in [1.165, 1.54) is 30.5 Å². The largest absolute Gasteiger partial charge is 0.360 e. The highest BCUT2D eigenvalue weighted by Gasteiger charge is 2.13. The maximum absolute atomic E-state index is 12.4. The number of nitrogens with two attached hydrogens (primary N) is 1. The van der Waals surface area contributed by atoms with E-state index in [1.807, 2.05) is 31.2 Å². The molecule has 1 amide bonds. The number of sulfonamides is 1. The summed E-state index contributed by atoms with van der Waals surface area (Å²) in [6, 6.07) is 13.1. The molecule has 0 radical (unpaired) electrons. The fourth-order valence-corrected chi connectivity index (χ4v) is 3.10. The number of rotatable bonds is 6. The Morgan fingerprint density at radius 1 is 1.18 bits per heavy atom. The minimum atomic E-state index is -3.81. The molecule has 8 heteroatoms. The van der Waals surface area contributed by atoms with Crippen LogP contribution in [0.5, 0.6) is 0 Å². The van der Waals surface area contributed by atoms with Gasteiger partial charge in [0.15, 0.2) is 0 Å². The molecule has 2 aromatic carbocycles. The molecule has 28 heavy (non-hydrogen) atoms. The van der Waals surface area contributed by atoms with Gasteiger partial charge in [0, 0.05) is 17.6 Å². The van der Waals surface area contributed by atoms with Gasteiger partial charge in [-0.05, 0) is 48.2 Å². The molecule has 0 saturated carbocycles. The summed E-state index contributed by atoms with van der Waals surface area (Å²) in [7, 11) is -3.81. The zero-order chi connectivity index (χ0) is 20.9. The number of amides is 1. The second-order valence-corrected chi connectivity index (χ2v) is 8.09. The molecule has 0 aliphatic carbocycles. The third-order valence-electron chi connectivity index (χ3n) is 4.09. The highest BCUT2D eigenvalue weighted by molar-refractivity contribution is 7.89. The van der Waals surface area contributed by atoms with Crippen molar-refractivity contribution in [1.29, 1.82) is 5.26 Å². The van der Waals surface area contributed by atoms with E-state index in [0.717, 1.165) is 16.8 Å². The molecule has 0 aliphatic heterocycles. The maximum atomic E-state index is 12.4. The Morgan fingerprint density at radius 3 is 2.36 bits per heavy atom. The number of aryl methyl sites for hydroxylation is 1. The van der Waals surface area contributed by atoms with E-state index in [0.29, 0.717) is 5.69 Å². The number of anilines is 2. The molecule has 0 unspecified atom stereocenters. The summed E-state index contributed by atoms with van der Waals surface area (Å²) in [6.07, 6.45) is 1.36. The van der Waals surface area contributed by atoms with Crippen molar-refractivity contribution in [3.8, 4) is 6.07 Å². The van der Waals surface area contributed by atoms with Gasteiger partial charge < -0.3 is 10.6 Å². The van der Waals surface area contributed by atoms with Gasteiger partial charge in [-0.1, -0.05) is 32.0 Å². The quantitative estimate of drug-likeness (QED) is 0.509. The fourth-order valence-electron chi connectivity index (χ4n) is 2.59. The molecule has 4 N–H and O–H groups in total. The summed E-state index contributed by atoms with van der Waals surface area (Å²) in [4.78, 5) is 12.3. The van der Waals surface area contributed by atoms with E-state index >= 15 is 0 Å². The van der Waals surface area contributed by atoms with E-state index in [1.54, 1.807) is 0 Å². The van der Waals surface area contributed by atoms with Crippen LogP contribution >= 0.6 is 0 Å². The first kappa shape index (κ1) is 21.2. The molecule has 0 saturated heterocycles. The lowest BCUT2D eigenvalue weighted by molar-refractivity contribution is -0.112. The number of hydrogen-bond acceptors (Lipinski definition) is 5. The molecule has 0 aliphatic rings. The van der Waals surface area contributed by atoms with Gasteiger partial charge in [0.25, 0.3) is 5.91 Å². The van der Waals surface area contributed by atoms with Crippen LogP contribution in [-0.2, 0) is 14.8 Å². The lowest BCUT2D eigenvalue weighted by Crippen LogP contribution is -2.15. The summed E-state index contributed by atoms with van der Waals surface area (Å²) in [5.41, 5.74) is 3.16. The minimum absolute atomic E-state index is 0.0658. The smallest absolute Gasteiger partial charge is 0.267 e. The second kappa shape index (κ2) is 8.69. The Hall–Kier alpha value is -3.15. The monoisotopic (exact) mass is 398 g/mol. The van der Waals surface area contributed by atoms with Crippen LogP contribution in [0.3, 0.4) is 0 Å². The third-order valence-corrected chi connectivity index (χ3v) is 5.02. The zero-order valence-corrected chi connectivity index (χ0v) is 16.7. The van der Waals surface area contributed by atoms with Crippen molar-refractivity contribution in [2.75, 3.05) is 10.6 Å². The van der Waals surface area contributed by atoms with E-state index in [9.17, 15) is 18.5 Å². The van der Waals surface area contributed by atoms with Crippen LogP contribution in [0, 0.1) is 18.3 Å². The van der Waals surface area contributed by atoms with Gasteiger partial charge >= 0.3 is 0 Å². The Balaban J connectivity index is 2.20. The predicted molar refractivity (Wildman–Crippen MR) is 109 cm³/mol. The number of carbonyl (C=O) groups is 1. The molecule has 7 nitrogen and oxygen atoms in total. The Bertz CT molecular complexity index is 1050. The van der Waals surface area contributed by atoms with Gasteiger partial charge in [0.2, 0.25) is 10.0 Å². The number of nitrogens with zero attached hydrogens (tertiary/aromatic N) is 1. The van der Waals surface area contributed by atoms with E-state index < -0.39 is 15.9 Å². The molecule has 0 bridgehead atoms. The number of hydrogen-bond donors (Lipinski definition) is 3. The van der Waals surface area contributed by atoms with Crippen LogP contribution in [0.4, 0.5) is 11.4 Å². The van der Waals surface area contributed by atoms with Gasteiger partial charge in [-0.25, -0.2) is 13.6 Å². The number of primary sulfonamides is 1. The number of carbonyl (C=O) groups excluding carboxylic acids is 1. The van der Waals surface area contributed by atoms with Crippen molar-refractivity contribution in [1.82, 2.24) is 0 Å². The molecule has 146 valence electrons. The van der Waals surface area contributed by atoms with Gasteiger partial charge in [0.1, 0.15) is 11.6 Å². The highest BCUT2D eigenvalue weighted by Crippen LogP contribution is 2.27. The Kier molecular flexibility index (Phi) is 6.57. The van der Waals surface area contributed by atoms with Crippen LogP contribution in [0.1, 0.15) is 30.9 Å². The van der Waals surface area contributed by atoms with Crippen molar-refractivity contribution >= 4 is 27.3 Å². The average molecular weight is 398 g/mol. The van der Waals surface area contributed by atoms with E-state index in [-0.39, 0.29) is 16.4 Å². The number of nitrogens with one attached hydrogen (secondary N) is 2. The SMILES string of the molecule is Cc1cccc(C(C)C)c1N/C=C(/C#N)C(=O)Nc1ccc(S(N)(=O)=O)cc1. The van der Waals surface area contributed by atoms with Crippen LogP contribution in [-0.4, -0.2) is 14.3 Å². The van der Waals surface area contributed by atoms with Gasteiger partial charge in [-0.2, -0.15) is 5.26 Å². The summed E-state index contributed by atoms with van der Waals surface area (Å²) in [6.45, 7) is 6.07. The van der Waals surface area contributed by atoms with Gasteiger partial charge in [-0.15, -0.1) is 0 Å². The standard InChI is InChI=1S/C20H22N4O3S/c1-13(2)18-6-4-5-14(3)19(18)23-12-15(11-21)20(25)24-16-7-9-17(10-8-16)28(22,26)27/h4-10,12-13,23H,1-3H3,(H,24,25)(H2,22,26,27)/b15-12-. The minimum Gasteiger partial charge on any atom is -0.360 e. The van der Waals surface area contributed by atoms with Crippen molar-refractivity contribution in [2.24, 2.45) is 5.14 Å². The molecular formula is C20H22N4O3S. The first-order chi connectivity index (χ1) is 13.1. The highest BCUT2D eigenvalue weighted by atomic mass is 32.2. The first-order valence-electron chi connectivity index (χ1n) is 8.54. The normalized spacial score (nSPS) is 11.8. The molecule has 2 rings (SSSR count). The molecule has 0 atom stereocenters. The summed E-state index contributed by atoms with van der Waals surface area (Å²) >= 11 is 0. The average Bonchev–Trinajstić information content (AvgIpc) is 2.62. The molecule has 0 aromatic heterocycles. The van der Waals surface area contributed by atoms with Crippen molar-refractivity contribution in [3.63, 3.8) is 0 Å². The number of benzene rings is 2. The summed E-state index contributed by atoms with van der Waals surface area (Å²) < 4.78 is 22.5. The lowest BCUT2D eigenvalue weighted by atomic mass is 9.98. The molecule has 0 heterocycles.